The van der Waals surface area contributed by atoms with Crippen LogP contribution in [0.3, 0.4) is 0 Å². The Morgan fingerprint density at radius 3 is 2.47 bits per heavy atom. The maximum atomic E-state index is 13.4. The highest BCUT2D eigenvalue weighted by atomic mass is 19.1. The van der Waals surface area contributed by atoms with E-state index in [1.807, 2.05) is 13.8 Å². The zero-order chi connectivity index (χ0) is 11.4. The summed E-state index contributed by atoms with van der Waals surface area (Å²) in [5.74, 6) is -0.292. The molecule has 0 saturated heterocycles. The van der Waals surface area contributed by atoms with Crippen molar-refractivity contribution in [2.75, 3.05) is 0 Å². The quantitative estimate of drug-likeness (QED) is 0.563. The summed E-state index contributed by atoms with van der Waals surface area (Å²) in [5, 5.41) is 10.5. The topological polar surface area (TPSA) is 43.1 Å². The summed E-state index contributed by atoms with van der Waals surface area (Å²) < 4.78 is 13.4. The van der Waals surface area contributed by atoms with Crippen LogP contribution in [0.5, 0.6) is 0 Å². The van der Waals surface area contributed by atoms with Crippen molar-refractivity contribution in [2.45, 2.75) is 32.6 Å². The van der Waals surface area contributed by atoms with Gasteiger partial charge >= 0.3 is 0 Å². The lowest BCUT2D eigenvalue weighted by atomic mass is 9.93. The Bertz CT molecular complexity index is 362. The third-order valence-electron chi connectivity index (χ3n) is 2.62. The molecule has 0 aromatic heterocycles. The number of hydrogen-bond donors (Lipinski definition) is 0. The molecule has 0 aliphatic carbocycles. The molecule has 4 heteroatoms. The summed E-state index contributed by atoms with van der Waals surface area (Å²) in [5.41, 5.74) is 0.410. The molecule has 0 radical (unpaired) electrons. The number of benzene rings is 1. The van der Waals surface area contributed by atoms with Crippen molar-refractivity contribution in [3.05, 3.63) is 39.7 Å². The normalized spacial score (nSPS) is 10.7. The van der Waals surface area contributed by atoms with Crippen molar-refractivity contribution < 1.29 is 9.31 Å². The molecular formula is C11H14FNO2. The SMILES string of the molecule is CCC(CC)c1cc([N+](=O)[O-])ccc1F. The third kappa shape index (κ3) is 2.52. The van der Waals surface area contributed by atoms with Gasteiger partial charge in [0.15, 0.2) is 0 Å². The molecule has 0 N–H and O–H groups in total. The molecule has 0 aliphatic rings. The van der Waals surface area contributed by atoms with E-state index in [9.17, 15) is 14.5 Å². The van der Waals surface area contributed by atoms with Crippen molar-refractivity contribution in [1.82, 2.24) is 0 Å². The van der Waals surface area contributed by atoms with Gasteiger partial charge < -0.3 is 0 Å². The van der Waals surface area contributed by atoms with Gasteiger partial charge in [0.2, 0.25) is 0 Å². The molecule has 0 aliphatic heterocycles. The number of nitro groups is 1. The van der Waals surface area contributed by atoms with E-state index in [1.54, 1.807) is 0 Å². The minimum absolute atomic E-state index is 0.0432. The predicted molar refractivity (Wildman–Crippen MR) is 56.4 cm³/mol. The number of non-ortho nitro benzene ring substituents is 1. The Hall–Kier alpha value is -1.45. The van der Waals surface area contributed by atoms with Gasteiger partial charge in [0.25, 0.3) is 5.69 Å². The van der Waals surface area contributed by atoms with Crippen LogP contribution in [0.25, 0.3) is 0 Å². The molecule has 0 amide bonds. The van der Waals surface area contributed by atoms with Crippen molar-refractivity contribution in [3.8, 4) is 0 Å². The van der Waals surface area contributed by atoms with Crippen LogP contribution < -0.4 is 0 Å². The highest BCUT2D eigenvalue weighted by molar-refractivity contribution is 5.37. The van der Waals surface area contributed by atoms with Gasteiger partial charge in [-0.1, -0.05) is 13.8 Å². The fourth-order valence-corrected chi connectivity index (χ4v) is 1.69. The second-order valence-corrected chi connectivity index (χ2v) is 3.48. The first-order valence-corrected chi connectivity index (χ1v) is 5.04. The molecule has 0 atom stereocenters. The Labute approximate surface area is 88.1 Å². The molecule has 1 aromatic carbocycles. The maximum Gasteiger partial charge on any atom is 0.269 e. The zero-order valence-corrected chi connectivity index (χ0v) is 8.87. The maximum absolute atomic E-state index is 13.4. The Morgan fingerprint density at radius 1 is 1.40 bits per heavy atom. The van der Waals surface area contributed by atoms with E-state index in [4.69, 9.17) is 0 Å². The minimum atomic E-state index is -0.495. The Balaban J connectivity index is 3.15. The van der Waals surface area contributed by atoms with E-state index in [0.29, 0.717) is 5.56 Å². The fraction of sp³-hybridized carbons (Fsp3) is 0.455. The van der Waals surface area contributed by atoms with Crippen molar-refractivity contribution in [2.24, 2.45) is 0 Å². The summed E-state index contributed by atoms with van der Waals surface area (Å²) in [6.45, 7) is 3.90. The molecule has 3 nitrogen and oxygen atoms in total. The van der Waals surface area contributed by atoms with Crippen LogP contribution in [0.2, 0.25) is 0 Å². The van der Waals surface area contributed by atoms with Crippen LogP contribution in [0.1, 0.15) is 38.2 Å². The molecule has 0 bridgehead atoms. The van der Waals surface area contributed by atoms with Crippen LogP contribution in [0.4, 0.5) is 10.1 Å². The molecular weight excluding hydrogens is 197 g/mol. The van der Waals surface area contributed by atoms with Gasteiger partial charge in [0.1, 0.15) is 5.82 Å². The monoisotopic (exact) mass is 211 g/mol. The molecule has 82 valence electrons. The highest BCUT2D eigenvalue weighted by Crippen LogP contribution is 2.28. The molecule has 15 heavy (non-hydrogen) atoms. The van der Waals surface area contributed by atoms with E-state index in [2.05, 4.69) is 0 Å². The number of halogens is 1. The number of hydrogen-bond acceptors (Lipinski definition) is 2. The summed E-state index contributed by atoms with van der Waals surface area (Å²) in [6, 6.07) is 3.71. The average Bonchev–Trinajstić information content (AvgIpc) is 2.22. The first kappa shape index (κ1) is 11.6. The number of nitro benzene ring substituents is 1. The van der Waals surface area contributed by atoms with E-state index in [1.165, 1.54) is 18.2 Å². The van der Waals surface area contributed by atoms with Crippen molar-refractivity contribution >= 4 is 5.69 Å². The molecule has 0 fully saturated rings. The van der Waals surface area contributed by atoms with E-state index < -0.39 is 4.92 Å². The molecule has 1 aromatic rings. The summed E-state index contributed by atoms with van der Waals surface area (Å²) >= 11 is 0. The molecule has 0 heterocycles. The van der Waals surface area contributed by atoms with Gasteiger partial charge in [-0.15, -0.1) is 0 Å². The molecule has 0 saturated carbocycles. The lowest BCUT2D eigenvalue weighted by molar-refractivity contribution is -0.385. The second-order valence-electron chi connectivity index (χ2n) is 3.48. The van der Waals surface area contributed by atoms with Crippen molar-refractivity contribution in [1.29, 1.82) is 0 Å². The van der Waals surface area contributed by atoms with E-state index in [0.717, 1.165) is 12.8 Å². The van der Waals surface area contributed by atoms with Gasteiger partial charge in [-0.2, -0.15) is 0 Å². The van der Waals surface area contributed by atoms with Gasteiger partial charge in [-0.05, 0) is 30.4 Å². The fourth-order valence-electron chi connectivity index (χ4n) is 1.69. The van der Waals surface area contributed by atoms with E-state index >= 15 is 0 Å². The lowest BCUT2D eigenvalue weighted by Gasteiger charge is -2.13. The first-order valence-electron chi connectivity index (χ1n) is 5.04. The van der Waals surface area contributed by atoms with Crippen LogP contribution in [0, 0.1) is 15.9 Å². The van der Waals surface area contributed by atoms with Crippen molar-refractivity contribution in [3.63, 3.8) is 0 Å². The summed E-state index contributed by atoms with van der Waals surface area (Å²) in [6.07, 6.45) is 1.57. The predicted octanol–water partition coefficient (Wildman–Crippen LogP) is 3.64. The average molecular weight is 211 g/mol. The zero-order valence-electron chi connectivity index (χ0n) is 8.87. The van der Waals surface area contributed by atoms with Crippen LogP contribution >= 0.6 is 0 Å². The third-order valence-corrected chi connectivity index (χ3v) is 2.62. The van der Waals surface area contributed by atoms with Crippen LogP contribution in [-0.4, -0.2) is 4.92 Å². The van der Waals surface area contributed by atoms with Gasteiger partial charge in [0.05, 0.1) is 4.92 Å². The Morgan fingerprint density at radius 2 is 2.00 bits per heavy atom. The van der Waals surface area contributed by atoms with Crippen LogP contribution in [-0.2, 0) is 0 Å². The van der Waals surface area contributed by atoms with E-state index in [-0.39, 0.29) is 17.4 Å². The standard InChI is InChI=1S/C11H14FNO2/c1-3-8(4-2)10-7-9(13(14)15)5-6-11(10)12/h5-8H,3-4H2,1-2H3. The van der Waals surface area contributed by atoms with Gasteiger partial charge in [-0.25, -0.2) is 4.39 Å². The molecule has 0 unspecified atom stereocenters. The van der Waals surface area contributed by atoms with Gasteiger partial charge in [-0.3, -0.25) is 10.1 Å². The number of rotatable bonds is 4. The lowest BCUT2D eigenvalue weighted by Crippen LogP contribution is -2.00. The van der Waals surface area contributed by atoms with Gasteiger partial charge in [0, 0.05) is 12.1 Å². The number of nitrogens with zero attached hydrogens (tertiary/aromatic N) is 1. The molecule has 0 spiro atoms. The smallest absolute Gasteiger partial charge is 0.258 e. The summed E-state index contributed by atoms with van der Waals surface area (Å²) in [4.78, 5) is 10.1. The summed E-state index contributed by atoms with van der Waals surface area (Å²) in [7, 11) is 0. The highest BCUT2D eigenvalue weighted by Gasteiger charge is 2.16. The second kappa shape index (κ2) is 4.87. The largest absolute Gasteiger partial charge is 0.269 e. The minimum Gasteiger partial charge on any atom is -0.258 e. The van der Waals surface area contributed by atoms with Crippen LogP contribution in [0.15, 0.2) is 18.2 Å². The Kier molecular flexibility index (Phi) is 3.77. The molecule has 1 rings (SSSR count). The first-order chi connectivity index (χ1) is 7.10.